The number of likely N-dealkylation sites (N-methyl/N-ethyl adjacent to an activating group) is 1. The van der Waals surface area contributed by atoms with Gasteiger partial charge in [-0.2, -0.15) is 5.26 Å². The number of nitrogens with one attached hydrogen (secondary N) is 1. The van der Waals surface area contributed by atoms with E-state index in [1.165, 1.54) is 0 Å². The molecule has 0 spiro atoms. The van der Waals surface area contributed by atoms with Gasteiger partial charge in [0.1, 0.15) is 0 Å². The second-order valence-electron chi connectivity index (χ2n) is 4.00. The minimum atomic E-state index is 0.396. The molecule has 0 aliphatic heterocycles. The molecule has 80 valence electrons. The van der Waals surface area contributed by atoms with Crippen LogP contribution in [-0.4, -0.2) is 31.6 Å². The Morgan fingerprint density at radius 2 is 1.93 bits per heavy atom. The number of benzene rings is 1. The molecule has 1 aromatic carbocycles. The highest BCUT2D eigenvalue weighted by Crippen LogP contribution is 2.10. The Hall–Kier alpha value is -1.53. The molecule has 1 unspecified atom stereocenters. The first-order chi connectivity index (χ1) is 7.11. The van der Waals surface area contributed by atoms with Gasteiger partial charge >= 0.3 is 0 Å². The topological polar surface area (TPSA) is 39.1 Å². The van der Waals surface area contributed by atoms with Gasteiger partial charge in [-0.25, -0.2) is 0 Å². The molecule has 0 fully saturated rings. The van der Waals surface area contributed by atoms with Crippen LogP contribution in [0.5, 0.6) is 0 Å². The number of nitriles is 1. The molecule has 0 radical (unpaired) electrons. The third-order valence-corrected chi connectivity index (χ3v) is 2.07. The fraction of sp³-hybridized carbons (Fsp3) is 0.417. The third-order valence-electron chi connectivity index (χ3n) is 2.07. The Morgan fingerprint density at radius 3 is 2.40 bits per heavy atom. The van der Waals surface area contributed by atoms with E-state index in [1.807, 2.05) is 24.3 Å². The third kappa shape index (κ3) is 4.01. The van der Waals surface area contributed by atoms with Gasteiger partial charge in [-0.15, -0.1) is 0 Å². The minimum absolute atomic E-state index is 0.396. The maximum atomic E-state index is 8.65. The van der Waals surface area contributed by atoms with Crippen molar-refractivity contribution in [1.29, 1.82) is 5.26 Å². The van der Waals surface area contributed by atoms with E-state index in [-0.39, 0.29) is 0 Å². The van der Waals surface area contributed by atoms with Gasteiger partial charge in [-0.1, -0.05) is 0 Å². The SMILES string of the molecule is CC(CN(C)C)Nc1ccc(C#N)cc1. The molecular weight excluding hydrogens is 186 g/mol. The van der Waals surface area contributed by atoms with E-state index in [2.05, 4.69) is 37.3 Å². The molecule has 0 aromatic heterocycles. The summed E-state index contributed by atoms with van der Waals surface area (Å²) in [5, 5.41) is 12.0. The summed E-state index contributed by atoms with van der Waals surface area (Å²) < 4.78 is 0. The highest BCUT2D eigenvalue weighted by Gasteiger charge is 2.02. The summed E-state index contributed by atoms with van der Waals surface area (Å²) in [6, 6.07) is 10.0. The molecular formula is C12H17N3. The normalized spacial score (nSPS) is 12.2. The van der Waals surface area contributed by atoms with Crippen molar-refractivity contribution in [2.45, 2.75) is 13.0 Å². The fourth-order valence-electron chi connectivity index (χ4n) is 1.52. The molecule has 0 amide bonds. The average molecular weight is 203 g/mol. The fourth-order valence-corrected chi connectivity index (χ4v) is 1.52. The van der Waals surface area contributed by atoms with Gasteiger partial charge in [0.25, 0.3) is 0 Å². The maximum absolute atomic E-state index is 8.65. The number of hydrogen-bond acceptors (Lipinski definition) is 3. The number of rotatable bonds is 4. The van der Waals surface area contributed by atoms with Crippen molar-refractivity contribution < 1.29 is 0 Å². The van der Waals surface area contributed by atoms with Crippen LogP contribution in [0, 0.1) is 11.3 Å². The summed E-state index contributed by atoms with van der Waals surface area (Å²) in [5.74, 6) is 0. The van der Waals surface area contributed by atoms with E-state index < -0.39 is 0 Å². The lowest BCUT2D eigenvalue weighted by Crippen LogP contribution is -2.29. The van der Waals surface area contributed by atoms with Crippen molar-refractivity contribution in [2.24, 2.45) is 0 Å². The molecule has 0 bridgehead atoms. The van der Waals surface area contributed by atoms with Crippen LogP contribution in [0.3, 0.4) is 0 Å². The highest BCUT2D eigenvalue weighted by molar-refractivity contribution is 5.47. The van der Waals surface area contributed by atoms with E-state index in [0.717, 1.165) is 12.2 Å². The number of hydrogen-bond donors (Lipinski definition) is 1. The number of anilines is 1. The summed E-state index contributed by atoms with van der Waals surface area (Å²) in [4.78, 5) is 2.14. The van der Waals surface area contributed by atoms with E-state index in [4.69, 9.17) is 5.26 Å². The predicted molar refractivity (Wildman–Crippen MR) is 62.8 cm³/mol. The summed E-state index contributed by atoms with van der Waals surface area (Å²) in [6.07, 6.45) is 0. The van der Waals surface area contributed by atoms with Crippen molar-refractivity contribution in [3.8, 4) is 6.07 Å². The molecule has 1 N–H and O–H groups in total. The van der Waals surface area contributed by atoms with Crippen molar-refractivity contribution in [2.75, 3.05) is 26.0 Å². The molecule has 0 aliphatic rings. The van der Waals surface area contributed by atoms with E-state index >= 15 is 0 Å². The second kappa shape index (κ2) is 5.38. The number of nitrogens with zero attached hydrogens (tertiary/aromatic N) is 2. The monoisotopic (exact) mass is 203 g/mol. The summed E-state index contributed by atoms with van der Waals surface area (Å²) in [6.45, 7) is 3.12. The zero-order valence-corrected chi connectivity index (χ0v) is 9.49. The van der Waals surface area contributed by atoms with Gasteiger partial charge in [0, 0.05) is 18.3 Å². The van der Waals surface area contributed by atoms with E-state index in [9.17, 15) is 0 Å². The first-order valence-corrected chi connectivity index (χ1v) is 5.03. The second-order valence-corrected chi connectivity index (χ2v) is 4.00. The van der Waals surface area contributed by atoms with Crippen LogP contribution >= 0.6 is 0 Å². The van der Waals surface area contributed by atoms with Crippen LogP contribution in [0.2, 0.25) is 0 Å². The van der Waals surface area contributed by atoms with E-state index in [0.29, 0.717) is 11.6 Å². The molecule has 0 saturated carbocycles. The Morgan fingerprint density at radius 1 is 1.33 bits per heavy atom. The highest BCUT2D eigenvalue weighted by atomic mass is 15.1. The predicted octanol–water partition coefficient (Wildman–Crippen LogP) is 1.92. The minimum Gasteiger partial charge on any atom is -0.381 e. The van der Waals surface area contributed by atoms with Crippen LogP contribution in [0.15, 0.2) is 24.3 Å². The van der Waals surface area contributed by atoms with Crippen molar-refractivity contribution in [1.82, 2.24) is 4.90 Å². The molecule has 0 heterocycles. The Bertz CT molecular complexity index is 335. The lowest BCUT2D eigenvalue weighted by molar-refractivity contribution is 0.392. The van der Waals surface area contributed by atoms with Gasteiger partial charge in [0.05, 0.1) is 11.6 Å². The molecule has 1 atom stereocenters. The molecule has 3 nitrogen and oxygen atoms in total. The quantitative estimate of drug-likeness (QED) is 0.812. The van der Waals surface area contributed by atoms with Gasteiger partial charge < -0.3 is 10.2 Å². The van der Waals surface area contributed by atoms with Crippen LogP contribution in [-0.2, 0) is 0 Å². The molecule has 0 aliphatic carbocycles. The van der Waals surface area contributed by atoms with Crippen LogP contribution in [0.4, 0.5) is 5.69 Å². The summed E-state index contributed by atoms with van der Waals surface area (Å²) in [5.41, 5.74) is 1.75. The Balaban J connectivity index is 2.54. The molecule has 3 heteroatoms. The van der Waals surface area contributed by atoms with E-state index in [1.54, 1.807) is 0 Å². The van der Waals surface area contributed by atoms with Crippen molar-refractivity contribution in [3.05, 3.63) is 29.8 Å². The van der Waals surface area contributed by atoms with Crippen LogP contribution in [0.1, 0.15) is 12.5 Å². The molecule has 15 heavy (non-hydrogen) atoms. The van der Waals surface area contributed by atoms with Crippen LogP contribution < -0.4 is 5.32 Å². The Kier molecular flexibility index (Phi) is 4.14. The van der Waals surface area contributed by atoms with Gasteiger partial charge in [0.2, 0.25) is 0 Å². The largest absolute Gasteiger partial charge is 0.381 e. The van der Waals surface area contributed by atoms with Crippen molar-refractivity contribution >= 4 is 5.69 Å². The smallest absolute Gasteiger partial charge is 0.0991 e. The lowest BCUT2D eigenvalue weighted by atomic mass is 10.2. The van der Waals surface area contributed by atoms with Gasteiger partial charge in [-0.3, -0.25) is 0 Å². The van der Waals surface area contributed by atoms with Gasteiger partial charge in [-0.05, 0) is 45.3 Å². The zero-order valence-electron chi connectivity index (χ0n) is 9.49. The molecule has 1 aromatic rings. The van der Waals surface area contributed by atoms with Crippen molar-refractivity contribution in [3.63, 3.8) is 0 Å². The zero-order chi connectivity index (χ0) is 11.3. The molecule has 0 saturated heterocycles. The van der Waals surface area contributed by atoms with Gasteiger partial charge in [0.15, 0.2) is 0 Å². The first kappa shape index (κ1) is 11.5. The first-order valence-electron chi connectivity index (χ1n) is 5.03. The standard InChI is InChI=1S/C12H17N3/c1-10(9-15(2)3)14-12-6-4-11(8-13)5-7-12/h4-7,10,14H,9H2,1-3H3. The summed E-state index contributed by atoms with van der Waals surface area (Å²) >= 11 is 0. The molecule has 1 rings (SSSR count). The Labute approximate surface area is 91.3 Å². The lowest BCUT2D eigenvalue weighted by Gasteiger charge is -2.19. The summed E-state index contributed by atoms with van der Waals surface area (Å²) in [7, 11) is 4.11. The maximum Gasteiger partial charge on any atom is 0.0991 e. The van der Waals surface area contributed by atoms with Crippen LogP contribution in [0.25, 0.3) is 0 Å². The average Bonchev–Trinajstić information content (AvgIpc) is 2.17.